The van der Waals surface area contributed by atoms with Gasteiger partial charge in [-0.2, -0.15) is 0 Å². The summed E-state index contributed by atoms with van der Waals surface area (Å²) in [7, 11) is 0. The highest BCUT2D eigenvalue weighted by molar-refractivity contribution is 5.77. The van der Waals surface area contributed by atoms with E-state index in [0.29, 0.717) is 18.0 Å². The zero-order valence-electron chi connectivity index (χ0n) is 15.6. The van der Waals surface area contributed by atoms with E-state index in [9.17, 15) is 4.79 Å². The van der Waals surface area contributed by atoms with E-state index in [1.807, 2.05) is 42.5 Å². The first kappa shape index (κ1) is 17.9. The van der Waals surface area contributed by atoms with Gasteiger partial charge in [0.2, 0.25) is 6.79 Å². The minimum absolute atomic E-state index is 0.0333. The summed E-state index contributed by atoms with van der Waals surface area (Å²) in [6, 6.07) is 21.7. The molecule has 3 aromatic rings. The average molecular weight is 375 g/mol. The Hall–Kier alpha value is -3.47. The van der Waals surface area contributed by atoms with E-state index in [4.69, 9.17) is 14.2 Å². The van der Waals surface area contributed by atoms with Crippen LogP contribution in [0.2, 0.25) is 0 Å². The molecule has 0 spiro atoms. The second kappa shape index (κ2) is 8.05. The topological polar surface area (TPSA) is 56.8 Å². The number of carbonyl (C=O) groups excluding carboxylic acids is 1. The summed E-state index contributed by atoms with van der Waals surface area (Å²) in [5.41, 5.74) is 4.44. The van der Waals surface area contributed by atoms with Crippen LogP contribution in [0, 0.1) is 6.92 Å². The van der Waals surface area contributed by atoms with Crippen LogP contribution in [0.15, 0.2) is 66.7 Å². The number of amides is 1. The number of rotatable bonds is 6. The Morgan fingerprint density at radius 1 is 0.929 bits per heavy atom. The number of hydrogen-bond donors (Lipinski definition) is 1. The normalized spacial score (nSPS) is 11.9. The van der Waals surface area contributed by atoms with Crippen LogP contribution in [0.25, 0.3) is 11.1 Å². The molecule has 1 heterocycles. The number of benzene rings is 3. The molecule has 0 radical (unpaired) electrons. The standard InChI is InChI=1S/C23H21NO4/c1-16-2-5-18(6-3-16)19-7-9-20(10-8-19)26-14-23(25)24-13-17-4-11-21-22(12-17)28-15-27-21/h2-12H,13-15H2,1H3,(H,24,25). The zero-order valence-corrected chi connectivity index (χ0v) is 15.6. The summed E-state index contributed by atoms with van der Waals surface area (Å²) in [6.45, 7) is 2.68. The minimum Gasteiger partial charge on any atom is -0.484 e. The molecule has 0 saturated heterocycles. The van der Waals surface area contributed by atoms with Crippen molar-refractivity contribution in [3.8, 4) is 28.4 Å². The third-order valence-corrected chi connectivity index (χ3v) is 4.54. The molecule has 0 aromatic heterocycles. The Morgan fingerprint density at radius 3 is 2.36 bits per heavy atom. The van der Waals surface area contributed by atoms with Crippen molar-refractivity contribution in [2.45, 2.75) is 13.5 Å². The first-order valence-corrected chi connectivity index (χ1v) is 9.12. The molecule has 5 nitrogen and oxygen atoms in total. The lowest BCUT2D eigenvalue weighted by molar-refractivity contribution is -0.123. The summed E-state index contributed by atoms with van der Waals surface area (Å²) in [6.07, 6.45) is 0. The second-order valence-electron chi connectivity index (χ2n) is 6.64. The molecule has 1 N–H and O–H groups in total. The van der Waals surface area contributed by atoms with Gasteiger partial charge in [0.25, 0.3) is 5.91 Å². The van der Waals surface area contributed by atoms with E-state index in [1.54, 1.807) is 0 Å². The van der Waals surface area contributed by atoms with Crippen LogP contribution >= 0.6 is 0 Å². The lowest BCUT2D eigenvalue weighted by Crippen LogP contribution is -2.28. The Morgan fingerprint density at radius 2 is 1.61 bits per heavy atom. The number of fused-ring (bicyclic) bond motifs is 1. The van der Waals surface area contributed by atoms with E-state index >= 15 is 0 Å². The molecule has 0 fully saturated rings. The monoisotopic (exact) mass is 375 g/mol. The maximum absolute atomic E-state index is 12.1. The molecule has 0 unspecified atom stereocenters. The highest BCUT2D eigenvalue weighted by atomic mass is 16.7. The Labute approximate surface area is 163 Å². The second-order valence-corrected chi connectivity index (χ2v) is 6.64. The molecule has 4 rings (SSSR count). The van der Waals surface area contributed by atoms with Crippen molar-refractivity contribution >= 4 is 5.91 Å². The minimum atomic E-state index is -0.180. The van der Waals surface area contributed by atoms with E-state index in [0.717, 1.165) is 22.4 Å². The highest BCUT2D eigenvalue weighted by Gasteiger charge is 2.13. The highest BCUT2D eigenvalue weighted by Crippen LogP contribution is 2.32. The Bertz CT molecular complexity index is 965. The van der Waals surface area contributed by atoms with Gasteiger partial charge in [0.05, 0.1) is 0 Å². The van der Waals surface area contributed by atoms with Gasteiger partial charge in [0, 0.05) is 6.54 Å². The van der Waals surface area contributed by atoms with Gasteiger partial charge in [0.15, 0.2) is 18.1 Å². The van der Waals surface area contributed by atoms with Crippen molar-refractivity contribution in [3.05, 3.63) is 77.9 Å². The van der Waals surface area contributed by atoms with E-state index in [1.165, 1.54) is 5.56 Å². The van der Waals surface area contributed by atoms with Gasteiger partial charge >= 0.3 is 0 Å². The van der Waals surface area contributed by atoms with Gasteiger partial charge < -0.3 is 19.5 Å². The number of hydrogen-bond acceptors (Lipinski definition) is 4. The molecule has 5 heteroatoms. The van der Waals surface area contributed by atoms with Crippen LogP contribution in [0.3, 0.4) is 0 Å². The predicted octanol–water partition coefficient (Wildman–Crippen LogP) is 4.09. The Balaban J connectivity index is 1.27. The summed E-state index contributed by atoms with van der Waals surface area (Å²) in [4.78, 5) is 12.1. The lowest BCUT2D eigenvalue weighted by atomic mass is 10.0. The molecule has 0 bridgehead atoms. The van der Waals surface area contributed by atoms with E-state index < -0.39 is 0 Å². The molecule has 3 aromatic carbocycles. The van der Waals surface area contributed by atoms with Gasteiger partial charge in [-0.05, 0) is 47.9 Å². The van der Waals surface area contributed by atoms with E-state index in [2.05, 4.69) is 36.5 Å². The van der Waals surface area contributed by atoms with Crippen molar-refractivity contribution in [1.82, 2.24) is 5.32 Å². The fourth-order valence-electron chi connectivity index (χ4n) is 2.94. The van der Waals surface area contributed by atoms with Crippen molar-refractivity contribution in [2.24, 2.45) is 0 Å². The van der Waals surface area contributed by atoms with Crippen molar-refractivity contribution in [3.63, 3.8) is 0 Å². The molecule has 0 saturated carbocycles. The molecule has 1 aliphatic rings. The molecule has 0 atom stereocenters. The maximum Gasteiger partial charge on any atom is 0.258 e. The molecular formula is C23H21NO4. The van der Waals surface area contributed by atoms with Crippen molar-refractivity contribution < 1.29 is 19.0 Å². The molecule has 142 valence electrons. The summed E-state index contributed by atoms with van der Waals surface area (Å²) in [5.74, 6) is 1.92. The van der Waals surface area contributed by atoms with Crippen LogP contribution in [-0.2, 0) is 11.3 Å². The number of carbonyl (C=O) groups is 1. The quantitative estimate of drug-likeness (QED) is 0.705. The molecule has 0 aliphatic carbocycles. The third-order valence-electron chi connectivity index (χ3n) is 4.54. The van der Waals surface area contributed by atoms with Gasteiger partial charge in [-0.25, -0.2) is 0 Å². The molecule has 1 aliphatic heterocycles. The Kier molecular flexibility index (Phi) is 5.15. The van der Waals surface area contributed by atoms with Crippen LogP contribution in [0.5, 0.6) is 17.2 Å². The van der Waals surface area contributed by atoms with Crippen LogP contribution in [0.4, 0.5) is 0 Å². The zero-order chi connectivity index (χ0) is 19.3. The summed E-state index contributed by atoms with van der Waals surface area (Å²) in [5, 5.41) is 2.84. The molecular weight excluding hydrogens is 354 g/mol. The van der Waals surface area contributed by atoms with Gasteiger partial charge in [0.1, 0.15) is 5.75 Å². The number of nitrogens with one attached hydrogen (secondary N) is 1. The lowest BCUT2D eigenvalue weighted by Gasteiger charge is -2.09. The van der Waals surface area contributed by atoms with Gasteiger partial charge in [-0.1, -0.05) is 48.0 Å². The van der Waals surface area contributed by atoms with Crippen molar-refractivity contribution in [1.29, 1.82) is 0 Å². The summed E-state index contributed by atoms with van der Waals surface area (Å²) >= 11 is 0. The molecule has 1 amide bonds. The van der Waals surface area contributed by atoms with E-state index in [-0.39, 0.29) is 19.3 Å². The fraction of sp³-hybridized carbons (Fsp3) is 0.174. The number of ether oxygens (including phenoxy) is 3. The summed E-state index contributed by atoms with van der Waals surface area (Å²) < 4.78 is 16.2. The van der Waals surface area contributed by atoms with Gasteiger partial charge in [-0.3, -0.25) is 4.79 Å². The van der Waals surface area contributed by atoms with Crippen molar-refractivity contribution in [2.75, 3.05) is 13.4 Å². The van der Waals surface area contributed by atoms with Crippen LogP contribution < -0.4 is 19.5 Å². The average Bonchev–Trinajstić information content (AvgIpc) is 3.19. The molecule has 28 heavy (non-hydrogen) atoms. The maximum atomic E-state index is 12.1. The largest absolute Gasteiger partial charge is 0.484 e. The first-order valence-electron chi connectivity index (χ1n) is 9.12. The first-order chi connectivity index (χ1) is 13.7. The third kappa shape index (κ3) is 4.26. The van der Waals surface area contributed by atoms with Gasteiger partial charge in [-0.15, -0.1) is 0 Å². The SMILES string of the molecule is Cc1ccc(-c2ccc(OCC(=O)NCc3ccc4c(c3)OCO4)cc2)cc1. The predicted molar refractivity (Wildman–Crippen MR) is 107 cm³/mol. The fourth-order valence-corrected chi connectivity index (χ4v) is 2.94. The van der Waals surface area contributed by atoms with Crippen LogP contribution in [-0.4, -0.2) is 19.3 Å². The number of aryl methyl sites for hydroxylation is 1. The van der Waals surface area contributed by atoms with Crippen LogP contribution in [0.1, 0.15) is 11.1 Å². The smallest absolute Gasteiger partial charge is 0.258 e.